The van der Waals surface area contributed by atoms with Gasteiger partial charge >= 0.3 is 0 Å². The predicted molar refractivity (Wildman–Crippen MR) is 143 cm³/mol. The second-order valence-electron chi connectivity index (χ2n) is 8.64. The van der Waals surface area contributed by atoms with E-state index >= 15 is 0 Å². The third-order valence-corrected chi connectivity index (χ3v) is 6.13. The number of aliphatic hydroxyl groups is 1. The zero-order valence-corrected chi connectivity index (χ0v) is 20.3. The molecule has 0 amide bonds. The van der Waals surface area contributed by atoms with Crippen LogP contribution in [0.4, 0.5) is 11.4 Å². The van der Waals surface area contributed by atoms with Gasteiger partial charge in [0.1, 0.15) is 11.5 Å². The lowest BCUT2D eigenvalue weighted by Gasteiger charge is -2.15. The number of aromatic amines is 1. The van der Waals surface area contributed by atoms with Crippen molar-refractivity contribution >= 4 is 22.3 Å². The Hall–Kier alpha value is -3.85. The average Bonchev–Trinajstić information content (AvgIpc) is 2.88. The summed E-state index contributed by atoms with van der Waals surface area (Å²) in [6, 6.07) is 20.4. The molecule has 0 aliphatic heterocycles. The van der Waals surface area contributed by atoms with E-state index in [1.807, 2.05) is 24.3 Å². The monoisotopic (exact) mass is 488 g/mol. The first-order valence-electron chi connectivity index (χ1n) is 11.9. The number of nitrogens with one attached hydrogen (secondary N) is 3. The number of aromatic nitrogens is 1. The number of benzene rings is 3. The van der Waals surface area contributed by atoms with Crippen molar-refractivity contribution in [3.63, 3.8) is 0 Å². The Morgan fingerprint density at radius 1 is 1.00 bits per heavy atom. The molecule has 0 saturated heterocycles. The Bertz CT molecular complexity index is 1370. The van der Waals surface area contributed by atoms with Crippen LogP contribution in [0.1, 0.15) is 22.8 Å². The smallest absolute Gasteiger partial charge is 0.248 e. The molecular weight excluding hydrogens is 456 g/mol. The number of fused-ring (bicyclic) bond motifs is 1. The van der Waals surface area contributed by atoms with Gasteiger partial charge < -0.3 is 36.3 Å². The van der Waals surface area contributed by atoms with Crippen molar-refractivity contribution in [2.24, 2.45) is 5.73 Å². The van der Waals surface area contributed by atoms with Crippen molar-refractivity contribution < 1.29 is 14.9 Å². The van der Waals surface area contributed by atoms with Gasteiger partial charge in [-0.25, -0.2) is 0 Å². The van der Waals surface area contributed by atoms with E-state index in [0.717, 1.165) is 35.5 Å². The molecule has 3 aromatic carbocycles. The predicted octanol–water partition coefficient (Wildman–Crippen LogP) is 3.35. The van der Waals surface area contributed by atoms with Crippen molar-refractivity contribution in [2.45, 2.75) is 18.9 Å². The molecule has 4 rings (SSSR count). The molecule has 7 N–H and O–H groups in total. The lowest BCUT2D eigenvalue weighted by molar-refractivity contribution is 0.176. The van der Waals surface area contributed by atoms with E-state index in [0.29, 0.717) is 36.1 Å². The van der Waals surface area contributed by atoms with Gasteiger partial charge in [-0.1, -0.05) is 18.2 Å². The van der Waals surface area contributed by atoms with Crippen LogP contribution in [0.5, 0.6) is 11.5 Å². The minimum atomic E-state index is -0.778. The van der Waals surface area contributed by atoms with Crippen molar-refractivity contribution in [3.8, 4) is 11.5 Å². The van der Waals surface area contributed by atoms with E-state index in [-0.39, 0.29) is 11.3 Å². The maximum atomic E-state index is 11.6. The number of anilines is 2. The van der Waals surface area contributed by atoms with Crippen LogP contribution in [-0.2, 0) is 12.8 Å². The van der Waals surface area contributed by atoms with E-state index in [1.165, 1.54) is 17.7 Å². The Labute approximate surface area is 209 Å². The van der Waals surface area contributed by atoms with Gasteiger partial charge in [-0.15, -0.1) is 0 Å². The Morgan fingerprint density at radius 3 is 2.53 bits per heavy atom. The highest BCUT2D eigenvalue weighted by Gasteiger charge is 2.13. The van der Waals surface area contributed by atoms with E-state index in [1.54, 1.807) is 19.2 Å². The Morgan fingerprint density at radius 2 is 1.78 bits per heavy atom. The van der Waals surface area contributed by atoms with Crippen LogP contribution < -0.4 is 26.7 Å². The number of H-pyrrole nitrogens is 1. The second kappa shape index (κ2) is 11.7. The molecule has 0 saturated carbocycles. The molecule has 0 spiro atoms. The summed E-state index contributed by atoms with van der Waals surface area (Å²) in [5, 5.41) is 28.0. The number of hydrogen-bond acceptors (Lipinski definition) is 7. The summed E-state index contributed by atoms with van der Waals surface area (Å²) in [7, 11) is 1.66. The van der Waals surface area contributed by atoms with Crippen molar-refractivity contribution in [3.05, 3.63) is 93.8 Å². The lowest BCUT2D eigenvalue weighted by atomic mass is 10.0. The van der Waals surface area contributed by atoms with Gasteiger partial charge in [-0.05, 0) is 85.1 Å². The first kappa shape index (κ1) is 25.2. The number of nitrogens with two attached hydrogens (primary N) is 1. The van der Waals surface area contributed by atoms with Crippen LogP contribution in [0.25, 0.3) is 10.9 Å². The molecule has 0 fully saturated rings. The van der Waals surface area contributed by atoms with Crippen LogP contribution in [0.15, 0.2) is 71.5 Å². The van der Waals surface area contributed by atoms with Crippen LogP contribution in [-0.4, -0.2) is 41.9 Å². The van der Waals surface area contributed by atoms with Gasteiger partial charge in [0, 0.05) is 29.4 Å². The highest BCUT2D eigenvalue weighted by atomic mass is 16.5. The van der Waals surface area contributed by atoms with Crippen LogP contribution in [0.2, 0.25) is 0 Å². The second-order valence-corrected chi connectivity index (χ2v) is 8.64. The number of rotatable bonds is 11. The first-order valence-corrected chi connectivity index (χ1v) is 11.9. The third-order valence-electron chi connectivity index (χ3n) is 6.13. The maximum absolute atomic E-state index is 11.6. The molecule has 1 heterocycles. The largest absolute Gasteiger partial charge is 0.506 e. The standard InChI is InChI=1S/C28H32N4O4/c1-36-26-10-6-21(16-19(26)12-14-29)31-20-4-2-18(3-5-20)13-15-30-17-25(34)22-7-9-24(33)28-23(22)8-11-27(35)32-28/h2-11,16,25,30-31,33-34H,12-15,17,29H2,1H3,(H,32,35)/t25-/m0/s1. The minimum absolute atomic E-state index is 0.0208. The Balaban J connectivity index is 1.30. The van der Waals surface area contributed by atoms with Gasteiger partial charge in [0.2, 0.25) is 5.56 Å². The topological polar surface area (TPSA) is 133 Å². The molecule has 36 heavy (non-hydrogen) atoms. The van der Waals surface area contributed by atoms with Gasteiger partial charge in [0.15, 0.2) is 0 Å². The van der Waals surface area contributed by atoms with E-state index in [2.05, 4.69) is 33.8 Å². The molecule has 0 bridgehead atoms. The fraction of sp³-hybridized carbons (Fsp3) is 0.250. The first-order chi connectivity index (χ1) is 17.5. The maximum Gasteiger partial charge on any atom is 0.248 e. The highest BCUT2D eigenvalue weighted by Crippen LogP contribution is 2.28. The summed E-state index contributed by atoms with van der Waals surface area (Å²) in [6.07, 6.45) is 0.779. The highest BCUT2D eigenvalue weighted by molar-refractivity contribution is 5.87. The van der Waals surface area contributed by atoms with Crippen molar-refractivity contribution in [1.29, 1.82) is 0 Å². The summed E-state index contributed by atoms with van der Waals surface area (Å²) in [6.45, 7) is 1.60. The Kier molecular flexibility index (Phi) is 8.22. The van der Waals surface area contributed by atoms with Crippen LogP contribution >= 0.6 is 0 Å². The normalized spacial score (nSPS) is 12.0. The molecule has 0 aliphatic carbocycles. The fourth-order valence-corrected chi connectivity index (χ4v) is 4.26. The molecule has 4 aromatic rings. The summed E-state index contributed by atoms with van der Waals surface area (Å²) in [5.41, 5.74) is 10.6. The summed E-state index contributed by atoms with van der Waals surface area (Å²) < 4.78 is 5.41. The molecular formula is C28H32N4O4. The molecule has 0 unspecified atom stereocenters. The van der Waals surface area contributed by atoms with Crippen LogP contribution in [0.3, 0.4) is 0 Å². The van der Waals surface area contributed by atoms with Crippen LogP contribution in [0, 0.1) is 0 Å². The average molecular weight is 489 g/mol. The number of phenols is 1. The number of ether oxygens (including phenoxy) is 1. The number of hydrogen-bond donors (Lipinski definition) is 6. The van der Waals surface area contributed by atoms with Gasteiger partial charge in [-0.2, -0.15) is 0 Å². The number of aliphatic hydroxyl groups excluding tert-OH is 1. The van der Waals surface area contributed by atoms with Gasteiger partial charge in [-0.3, -0.25) is 4.79 Å². The number of methoxy groups -OCH3 is 1. The summed E-state index contributed by atoms with van der Waals surface area (Å²) >= 11 is 0. The van der Waals surface area contributed by atoms with E-state index in [4.69, 9.17) is 10.5 Å². The lowest BCUT2D eigenvalue weighted by Crippen LogP contribution is -2.24. The molecule has 8 heteroatoms. The zero-order valence-electron chi connectivity index (χ0n) is 20.3. The van der Waals surface area contributed by atoms with E-state index in [9.17, 15) is 15.0 Å². The number of aromatic hydroxyl groups is 1. The summed E-state index contributed by atoms with van der Waals surface area (Å²) in [4.78, 5) is 14.2. The molecule has 188 valence electrons. The van der Waals surface area contributed by atoms with Crippen molar-refractivity contribution in [2.75, 3.05) is 32.1 Å². The molecule has 8 nitrogen and oxygen atoms in total. The molecule has 1 atom stereocenters. The SMILES string of the molecule is COc1ccc(Nc2ccc(CCNC[C@H](O)c3ccc(O)c4[nH]c(=O)ccc34)cc2)cc1CCN. The third kappa shape index (κ3) is 6.04. The number of pyridine rings is 1. The minimum Gasteiger partial charge on any atom is -0.506 e. The molecule has 0 radical (unpaired) electrons. The van der Waals surface area contributed by atoms with Crippen molar-refractivity contribution in [1.82, 2.24) is 10.3 Å². The summed E-state index contributed by atoms with van der Waals surface area (Å²) in [5.74, 6) is 0.819. The van der Waals surface area contributed by atoms with Gasteiger partial charge in [0.25, 0.3) is 0 Å². The quantitative estimate of drug-likeness (QED) is 0.178. The van der Waals surface area contributed by atoms with E-state index < -0.39 is 6.10 Å². The fourth-order valence-electron chi connectivity index (χ4n) is 4.26. The molecule has 1 aromatic heterocycles. The zero-order chi connectivity index (χ0) is 25.5. The molecule has 0 aliphatic rings. The van der Waals surface area contributed by atoms with Gasteiger partial charge in [0.05, 0.1) is 18.7 Å². The number of phenolic OH excluding ortho intramolecular Hbond substituents is 1.